The van der Waals surface area contributed by atoms with E-state index >= 15 is 0 Å². The molecule has 0 bridgehead atoms. The minimum Gasteiger partial charge on any atom is -0.496 e. The van der Waals surface area contributed by atoms with Crippen molar-refractivity contribution in [2.75, 3.05) is 20.3 Å². The van der Waals surface area contributed by atoms with Crippen LogP contribution >= 0.6 is 0 Å². The summed E-state index contributed by atoms with van der Waals surface area (Å²) in [5.41, 5.74) is 1.74. The Balaban J connectivity index is 2.78. The molecule has 0 aliphatic heterocycles. The fraction of sp³-hybridized carbons (Fsp3) is 0.444. The van der Waals surface area contributed by atoms with E-state index in [4.69, 9.17) is 9.47 Å². The maximum atomic E-state index is 11.0. The second kappa shape index (κ2) is 9.79. The lowest BCUT2D eigenvalue weighted by Gasteiger charge is -2.10. The van der Waals surface area contributed by atoms with Crippen molar-refractivity contribution >= 4 is 17.6 Å². The molecule has 1 unspecified atom stereocenters. The van der Waals surface area contributed by atoms with Crippen LogP contribution in [0, 0.1) is 0 Å². The van der Waals surface area contributed by atoms with Crippen molar-refractivity contribution in [2.24, 2.45) is 4.99 Å². The summed E-state index contributed by atoms with van der Waals surface area (Å²) in [5, 5.41) is 9.71. The van der Waals surface area contributed by atoms with Gasteiger partial charge in [-0.2, -0.15) is 0 Å². The van der Waals surface area contributed by atoms with Gasteiger partial charge in [0.25, 0.3) is 0 Å². The van der Waals surface area contributed by atoms with Gasteiger partial charge in [0.1, 0.15) is 23.9 Å². The summed E-state index contributed by atoms with van der Waals surface area (Å²) in [7, 11) is 1.58. The molecule has 0 amide bonds. The number of aliphatic hydroxyl groups is 1. The topological polar surface area (TPSA) is 68.1 Å². The predicted octanol–water partition coefficient (Wildman–Crippen LogP) is 2.91. The molecule has 1 aromatic carbocycles. The first-order valence-electron chi connectivity index (χ1n) is 7.62. The monoisotopic (exact) mass is 319 g/mol. The van der Waals surface area contributed by atoms with Gasteiger partial charge in [0.2, 0.25) is 0 Å². The van der Waals surface area contributed by atoms with Gasteiger partial charge in [-0.15, -0.1) is 0 Å². The molecule has 0 aliphatic rings. The number of hydrogen-bond acceptors (Lipinski definition) is 5. The maximum Gasteiger partial charge on any atom is 0.132 e. The zero-order valence-electron chi connectivity index (χ0n) is 14.2. The van der Waals surface area contributed by atoms with Crippen LogP contribution < -0.4 is 9.47 Å². The van der Waals surface area contributed by atoms with Crippen molar-refractivity contribution in [2.45, 2.75) is 33.3 Å². The number of aliphatic hydroxyl groups excluding tert-OH is 1. The van der Waals surface area contributed by atoms with Crippen LogP contribution in [0.5, 0.6) is 11.5 Å². The zero-order valence-corrected chi connectivity index (χ0v) is 14.2. The second-order valence-corrected chi connectivity index (χ2v) is 5.23. The molecule has 5 nitrogen and oxygen atoms in total. The van der Waals surface area contributed by atoms with Crippen LogP contribution in [0.1, 0.15) is 32.8 Å². The number of carbonyl (C=O) groups is 1. The molecule has 0 radical (unpaired) electrons. The molecule has 0 saturated heterocycles. The first kappa shape index (κ1) is 18.9. The third-order valence-electron chi connectivity index (χ3n) is 3.08. The first-order chi connectivity index (χ1) is 11.0. The molecule has 23 heavy (non-hydrogen) atoms. The highest BCUT2D eigenvalue weighted by Gasteiger charge is 2.06. The highest BCUT2D eigenvalue weighted by Crippen LogP contribution is 2.26. The van der Waals surface area contributed by atoms with Crippen LogP contribution in [0.25, 0.3) is 6.08 Å². The Bertz CT molecular complexity index is 578. The average molecular weight is 319 g/mol. The molecule has 5 heteroatoms. The molecule has 0 aromatic heterocycles. The number of ether oxygens (including phenoxy) is 2. The fourth-order valence-electron chi connectivity index (χ4n) is 2.00. The van der Waals surface area contributed by atoms with E-state index in [1.165, 1.54) is 6.92 Å². The van der Waals surface area contributed by atoms with Crippen molar-refractivity contribution < 1.29 is 19.4 Å². The van der Waals surface area contributed by atoms with Gasteiger partial charge in [0.05, 0.1) is 13.2 Å². The molecule has 126 valence electrons. The van der Waals surface area contributed by atoms with Gasteiger partial charge in [-0.25, -0.2) is 0 Å². The molecular formula is C18H25NO4. The van der Waals surface area contributed by atoms with Crippen LogP contribution in [0.2, 0.25) is 0 Å². The number of carbonyl (C=O) groups excluding carboxylic acids is 1. The smallest absolute Gasteiger partial charge is 0.132 e. The lowest BCUT2D eigenvalue weighted by atomic mass is 10.1. The Morgan fingerprint density at radius 3 is 2.74 bits per heavy atom. The summed E-state index contributed by atoms with van der Waals surface area (Å²) >= 11 is 0. The van der Waals surface area contributed by atoms with Crippen LogP contribution in [0.15, 0.2) is 29.3 Å². The van der Waals surface area contributed by atoms with Crippen LogP contribution in [-0.2, 0) is 4.79 Å². The van der Waals surface area contributed by atoms with Crippen molar-refractivity contribution in [3.05, 3.63) is 29.8 Å². The molecule has 0 fully saturated rings. The highest BCUT2D eigenvalue weighted by molar-refractivity contribution is 5.83. The zero-order chi connectivity index (χ0) is 17.2. The highest BCUT2D eigenvalue weighted by atomic mass is 16.5. The second-order valence-electron chi connectivity index (χ2n) is 5.23. The Morgan fingerprint density at radius 1 is 1.39 bits per heavy atom. The van der Waals surface area contributed by atoms with E-state index in [1.54, 1.807) is 25.3 Å². The van der Waals surface area contributed by atoms with Gasteiger partial charge < -0.3 is 14.6 Å². The van der Waals surface area contributed by atoms with Gasteiger partial charge in [0, 0.05) is 30.3 Å². The summed E-state index contributed by atoms with van der Waals surface area (Å²) in [6.07, 6.45) is 2.63. The molecular weight excluding hydrogens is 294 g/mol. The molecule has 1 N–H and O–H groups in total. The van der Waals surface area contributed by atoms with E-state index in [0.717, 1.165) is 17.8 Å². The molecule has 0 aliphatic carbocycles. The number of methoxy groups -OCH3 is 1. The fourth-order valence-corrected chi connectivity index (χ4v) is 2.00. The Morgan fingerprint density at radius 2 is 2.13 bits per heavy atom. The summed E-state index contributed by atoms with van der Waals surface area (Å²) in [6, 6.07) is 5.46. The molecule has 0 spiro atoms. The van der Waals surface area contributed by atoms with Gasteiger partial charge >= 0.3 is 0 Å². The number of aliphatic imine (C=N–C) groups is 1. The number of rotatable bonds is 9. The lowest BCUT2D eigenvalue weighted by molar-refractivity contribution is -0.118. The van der Waals surface area contributed by atoms with Gasteiger partial charge in [-0.05, 0) is 32.9 Å². The predicted molar refractivity (Wildman–Crippen MR) is 92.5 cm³/mol. The van der Waals surface area contributed by atoms with E-state index in [9.17, 15) is 9.90 Å². The summed E-state index contributed by atoms with van der Waals surface area (Å²) in [6.45, 7) is 6.53. The Labute approximate surface area is 137 Å². The van der Waals surface area contributed by atoms with Gasteiger partial charge in [0.15, 0.2) is 0 Å². The molecule has 1 rings (SSSR count). The normalized spacial score (nSPS) is 13.2. The number of Topliss-reactive ketones (excluding diaryl/α,β-unsaturated/α-hetero) is 1. The first-order valence-corrected chi connectivity index (χ1v) is 7.62. The SMILES string of the molecule is CCN=C(C)COc1ccc(/C=C/C(O)CC(C)=O)c(OC)c1. The average Bonchev–Trinajstić information content (AvgIpc) is 2.50. The van der Waals surface area contributed by atoms with E-state index in [0.29, 0.717) is 18.1 Å². The van der Waals surface area contributed by atoms with Crippen molar-refractivity contribution in [3.8, 4) is 11.5 Å². The van der Waals surface area contributed by atoms with Gasteiger partial charge in [-0.1, -0.05) is 12.2 Å². The van der Waals surface area contributed by atoms with Crippen LogP contribution in [-0.4, -0.2) is 43.0 Å². The van der Waals surface area contributed by atoms with Crippen molar-refractivity contribution in [3.63, 3.8) is 0 Å². The number of ketones is 1. The molecule has 0 saturated carbocycles. The van der Waals surface area contributed by atoms with E-state index in [2.05, 4.69) is 4.99 Å². The standard InChI is InChI=1S/C18H25NO4/c1-5-19-13(2)12-23-17-9-7-15(18(11-17)22-4)6-8-16(21)10-14(3)20/h6-9,11,16,21H,5,10,12H2,1-4H3/b8-6+,19-13?. The third-order valence-corrected chi connectivity index (χ3v) is 3.08. The molecule has 1 atom stereocenters. The van der Waals surface area contributed by atoms with E-state index in [1.807, 2.05) is 26.0 Å². The van der Waals surface area contributed by atoms with Crippen molar-refractivity contribution in [1.82, 2.24) is 0 Å². The molecule has 1 aromatic rings. The Kier molecular flexibility index (Phi) is 8.05. The maximum absolute atomic E-state index is 11.0. The number of nitrogens with zero attached hydrogens (tertiary/aromatic N) is 1. The van der Waals surface area contributed by atoms with Gasteiger partial charge in [-0.3, -0.25) is 9.79 Å². The van der Waals surface area contributed by atoms with Crippen molar-refractivity contribution in [1.29, 1.82) is 0 Å². The summed E-state index contributed by atoms with van der Waals surface area (Å²) in [4.78, 5) is 15.2. The number of hydrogen-bond donors (Lipinski definition) is 1. The van der Waals surface area contributed by atoms with E-state index in [-0.39, 0.29) is 12.2 Å². The quantitative estimate of drug-likeness (QED) is 0.711. The largest absolute Gasteiger partial charge is 0.496 e. The van der Waals surface area contributed by atoms with Crippen LogP contribution in [0.4, 0.5) is 0 Å². The van der Waals surface area contributed by atoms with Crippen LogP contribution in [0.3, 0.4) is 0 Å². The molecule has 0 heterocycles. The minimum absolute atomic E-state index is 0.0537. The lowest BCUT2D eigenvalue weighted by Crippen LogP contribution is -2.08. The Hall–Kier alpha value is -2.14. The minimum atomic E-state index is -0.791. The third kappa shape index (κ3) is 7.10. The van der Waals surface area contributed by atoms with E-state index < -0.39 is 6.10 Å². The summed E-state index contributed by atoms with van der Waals surface area (Å²) < 4.78 is 11.0. The number of benzene rings is 1. The summed E-state index contributed by atoms with van der Waals surface area (Å²) in [5.74, 6) is 1.27.